The van der Waals surface area contributed by atoms with Crippen LogP contribution in [0, 0.1) is 11.6 Å². The lowest BCUT2D eigenvalue weighted by molar-refractivity contribution is 0.144. The lowest BCUT2D eigenvalue weighted by Crippen LogP contribution is -2.10. The van der Waals surface area contributed by atoms with Crippen LogP contribution in [0.25, 0.3) is 0 Å². The second-order valence-electron chi connectivity index (χ2n) is 3.20. The Bertz CT molecular complexity index is 284. The Morgan fingerprint density at radius 2 is 1.80 bits per heavy atom. The standard InChI is InChI=1S/C11H15F2NO/c1-2-4-15-5-3-14-11-7-9(12)6-10(13)8-11/h6-8,14H,2-5H2,1H3. The molecule has 84 valence electrons. The fraction of sp³-hybridized carbons (Fsp3) is 0.455. The van der Waals surface area contributed by atoms with Crippen molar-refractivity contribution in [3.05, 3.63) is 29.8 Å². The van der Waals surface area contributed by atoms with Gasteiger partial charge in [-0.2, -0.15) is 0 Å². The molecule has 0 bridgehead atoms. The van der Waals surface area contributed by atoms with E-state index < -0.39 is 11.6 Å². The van der Waals surface area contributed by atoms with Crippen molar-refractivity contribution >= 4 is 5.69 Å². The van der Waals surface area contributed by atoms with Gasteiger partial charge in [0, 0.05) is 24.9 Å². The summed E-state index contributed by atoms with van der Waals surface area (Å²) in [6, 6.07) is 3.35. The number of rotatable bonds is 6. The summed E-state index contributed by atoms with van der Waals surface area (Å²) in [5.74, 6) is -1.15. The van der Waals surface area contributed by atoms with Crippen LogP contribution in [-0.2, 0) is 4.74 Å². The van der Waals surface area contributed by atoms with Gasteiger partial charge in [-0.25, -0.2) is 8.78 Å². The number of nitrogens with one attached hydrogen (secondary N) is 1. The van der Waals surface area contributed by atoms with Gasteiger partial charge < -0.3 is 10.1 Å². The molecule has 0 fully saturated rings. The van der Waals surface area contributed by atoms with E-state index in [1.165, 1.54) is 12.1 Å². The summed E-state index contributed by atoms with van der Waals surface area (Å²) >= 11 is 0. The van der Waals surface area contributed by atoms with E-state index in [1.807, 2.05) is 6.92 Å². The molecule has 0 spiro atoms. The minimum Gasteiger partial charge on any atom is -0.383 e. The molecule has 0 aliphatic heterocycles. The van der Waals surface area contributed by atoms with Gasteiger partial charge >= 0.3 is 0 Å². The molecule has 0 amide bonds. The van der Waals surface area contributed by atoms with Crippen LogP contribution in [0.2, 0.25) is 0 Å². The topological polar surface area (TPSA) is 21.3 Å². The molecule has 0 aliphatic carbocycles. The maximum atomic E-state index is 12.7. The maximum Gasteiger partial charge on any atom is 0.128 e. The van der Waals surface area contributed by atoms with Crippen molar-refractivity contribution in [2.45, 2.75) is 13.3 Å². The number of hydrogen-bond donors (Lipinski definition) is 1. The van der Waals surface area contributed by atoms with E-state index in [4.69, 9.17) is 4.74 Å². The Morgan fingerprint density at radius 3 is 2.40 bits per heavy atom. The molecule has 0 aliphatic rings. The van der Waals surface area contributed by atoms with Crippen LogP contribution in [0.15, 0.2) is 18.2 Å². The molecule has 1 N–H and O–H groups in total. The fourth-order valence-corrected chi connectivity index (χ4v) is 1.17. The monoisotopic (exact) mass is 215 g/mol. The predicted molar refractivity (Wildman–Crippen MR) is 56.0 cm³/mol. The minimum absolute atomic E-state index is 0.438. The molecule has 0 saturated carbocycles. The van der Waals surface area contributed by atoms with Crippen molar-refractivity contribution in [3.8, 4) is 0 Å². The quantitative estimate of drug-likeness (QED) is 0.737. The molecule has 15 heavy (non-hydrogen) atoms. The highest BCUT2D eigenvalue weighted by molar-refractivity contribution is 5.43. The maximum absolute atomic E-state index is 12.7. The van der Waals surface area contributed by atoms with E-state index in [0.717, 1.165) is 12.5 Å². The average molecular weight is 215 g/mol. The second-order valence-corrected chi connectivity index (χ2v) is 3.20. The van der Waals surface area contributed by atoms with Gasteiger partial charge in [0.2, 0.25) is 0 Å². The van der Waals surface area contributed by atoms with Gasteiger partial charge in [0.05, 0.1) is 6.61 Å². The molecule has 0 atom stereocenters. The molecule has 4 heteroatoms. The first-order valence-electron chi connectivity index (χ1n) is 5.00. The van der Waals surface area contributed by atoms with Crippen LogP contribution in [0.5, 0.6) is 0 Å². The van der Waals surface area contributed by atoms with Crippen molar-refractivity contribution < 1.29 is 13.5 Å². The zero-order chi connectivity index (χ0) is 11.1. The van der Waals surface area contributed by atoms with Crippen molar-refractivity contribution in [2.75, 3.05) is 25.1 Å². The van der Waals surface area contributed by atoms with Crippen molar-refractivity contribution in [1.82, 2.24) is 0 Å². The summed E-state index contributed by atoms with van der Waals surface area (Å²) in [5.41, 5.74) is 0.438. The molecule has 2 nitrogen and oxygen atoms in total. The number of ether oxygens (including phenoxy) is 1. The molecule has 0 saturated heterocycles. The summed E-state index contributed by atoms with van der Waals surface area (Å²) in [6.45, 7) is 3.81. The van der Waals surface area contributed by atoms with E-state index in [0.29, 0.717) is 25.4 Å². The first-order valence-corrected chi connectivity index (χ1v) is 5.00. The van der Waals surface area contributed by atoms with E-state index in [2.05, 4.69) is 5.32 Å². The van der Waals surface area contributed by atoms with Gasteiger partial charge in [-0.3, -0.25) is 0 Å². The Morgan fingerprint density at radius 1 is 1.13 bits per heavy atom. The van der Waals surface area contributed by atoms with Gasteiger partial charge in [-0.15, -0.1) is 0 Å². The van der Waals surface area contributed by atoms with Gasteiger partial charge in [-0.05, 0) is 18.6 Å². The number of benzene rings is 1. The fourth-order valence-electron chi connectivity index (χ4n) is 1.17. The van der Waals surface area contributed by atoms with E-state index >= 15 is 0 Å². The largest absolute Gasteiger partial charge is 0.383 e. The summed E-state index contributed by atoms with van der Waals surface area (Å²) in [5, 5.41) is 2.88. The Balaban J connectivity index is 2.31. The Kier molecular flexibility index (Phi) is 5.04. The third kappa shape index (κ3) is 4.74. The second kappa shape index (κ2) is 6.35. The normalized spacial score (nSPS) is 10.3. The van der Waals surface area contributed by atoms with Crippen molar-refractivity contribution in [2.24, 2.45) is 0 Å². The predicted octanol–water partition coefficient (Wildman–Crippen LogP) is 2.80. The minimum atomic E-state index is -0.577. The van der Waals surface area contributed by atoms with Crippen LogP contribution in [0.1, 0.15) is 13.3 Å². The van der Waals surface area contributed by atoms with Crippen molar-refractivity contribution in [1.29, 1.82) is 0 Å². The van der Waals surface area contributed by atoms with Gasteiger partial charge in [0.25, 0.3) is 0 Å². The first kappa shape index (κ1) is 11.9. The SMILES string of the molecule is CCCOCCNc1cc(F)cc(F)c1. The smallest absolute Gasteiger partial charge is 0.128 e. The molecule has 0 unspecified atom stereocenters. The lowest BCUT2D eigenvalue weighted by atomic mass is 10.3. The molecule has 1 rings (SSSR count). The van der Waals surface area contributed by atoms with Crippen LogP contribution in [-0.4, -0.2) is 19.8 Å². The zero-order valence-corrected chi connectivity index (χ0v) is 8.72. The number of hydrogen-bond acceptors (Lipinski definition) is 2. The molecular weight excluding hydrogens is 200 g/mol. The van der Waals surface area contributed by atoms with E-state index in [9.17, 15) is 8.78 Å². The molecule has 0 heterocycles. The van der Waals surface area contributed by atoms with Gasteiger partial charge in [0.15, 0.2) is 0 Å². The van der Waals surface area contributed by atoms with Crippen LogP contribution in [0.3, 0.4) is 0 Å². The van der Waals surface area contributed by atoms with Gasteiger partial charge in [0.1, 0.15) is 11.6 Å². The third-order valence-electron chi connectivity index (χ3n) is 1.79. The summed E-state index contributed by atoms with van der Waals surface area (Å²) < 4.78 is 30.7. The van der Waals surface area contributed by atoms with Crippen molar-refractivity contribution in [3.63, 3.8) is 0 Å². The summed E-state index contributed by atoms with van der Waals surface area (Å²) in [4.78, 5) is 0. The molecule has 0 aromatic heterocycles. The van der Waals surface area contributed by atoms with E-state index in [1.54, 1.807) is 0 Å². The lowest BCUT2D eigenvalue weighted by Gasteiger charge is -2.06. The van der Waals surface area contributed by atoms with Crippen LogP contribution in [0.4, 0.5) is 14.5 Å². The molecular formula is C11H15F2NO. The third-order valence-corrected chi connectivity index (χ3v) is 1.79. The highest BCUT2D eigenvalue weighted by Gasteiger charge is 1.99. The Labute approximate surface area is 88.3 Å². The van der Waals surface area contributed by atoms with Crippen LogP contribution < -0.4 is 5.32 Å². The first-order chi connectivity index (χ1) is 7.22. The summed E-state index contributed by atoms with van der Waals surface area (Å²) in [6.07, 6.45) is 0.967. The molecule has 1 aromatic carbocycles. The summed E-state index contributed by atoms with van der Waals surface area (Å²) in [7, 11) is 0. The number of halogens is 2. The average Bonchev–Trinajstić information content (AvgIpc) is 2.16. The highest BCUT2D eigenvalue weighted by atomic mass is 19.1. The van der Waals surface area contributed by atoms with Crippen LogP contribution >= 0.6 is 0 Å². The Hall–Kier alpha value is -1.16. The van der Waals surface area contributed by atoms with Gasteiger partial charge in [-0.1, -0.05) is 6.92 Å². The zero-order valence-electron chi connectivity index (χ0n) is 8.72. The molecule has 0 radical (unpaired) electrons. The molecule has 1 aromatic rings. The van der Waals surface area contributed by atoms with E-state index in [-0.39, 0.29) is 0 Å². The highest BCUT2D eigenvalue weighted by Crippen LogP contribution is 2.12. The number of anilines is 1.